The maximum absolute atomic E-state index is 12.0. The van der Waals surface area contributed by atoms with E-state index >= 15 is 0 Å². The number of halogens is 1. The SMILES string of the molecule is CCCOc1ccc(/C=C2\CN(CC)CCC2=O)cc1Cl. The van der Waals surface area contributed by atoms with Gasteiger partial charge in [-0.2, -0.15) is 0 Å². The summed E-state index contributed by atoms with van der Waals surface area (Å²) in [6.45, 7) is 7.38. The first kappa shape index (κ1) is 16.1. The molecule has 114 valence electrons. The molecule has 0 aliphatic carbocycles. The number of hydrogen-bond donors (Lipinski definition) is 0. The van der Waals surface area contributed by atoms with Crippen LogP contribution >= 0.6 is 11.6 Å². The van der Waals surface area contributed by atoms with E-state index < -0.39 is 0 Å². The van der Waals surface area contributed by atoms with Crippen molar-refractivity contribution in [3.05, 3.63) is 34.4 Å². The Hall–Kier alpha value is -1.32. The van der Waals surface area contributed by atoms with Crippen molar-refractivity contribution in [2.45, 2.75) is 26.7 Å². The second-order valence-corrected chi connectivity index (χ2v) is 5.66. The Bertz CT molecular complexity index is 540. The summed E-state index contributed by atoms with van der Waals surface area (Å²) in [6, 6.07) is 5.68. The van der Waals surface area contributed by atoms with Crippen LogP contribution in [0, 0.1) is 0 Å². The minimum Gasteiger partial charge on any atom is -0.492 e. The summed E-state index contributed by atoms with van der Waals surface area (Å²) in [7, 11) is 0. The number of likely N-dealkylation sites (tertiary alicyclic amines) is 1. The molecular weight excluding hydrogens is 286 g/mol. The monoisotopic (exact) mass is 307 g/mol. The van der Waals surface area contributed by atoms with Crippen LogP contribution in [0.3, 0.4) is 0 Å². The fourth-order valence-electron chi connectivity index (χ4n) is 2.36. The standard InChI is InChI=1S/C17H22ClNO2/c1-3-9-21-17-6-5-13(11-15(17)18)10-14-12-19(4-2)8-7-16(14)20/h5-6,10-11H,3-4,7-9,12H2,1-2H3/b14-10+. The third-order valence-corrected chi connectivity index (χ3v) is 3.91. The number of nitrogens with zero attached hydrogens (tertiary/aromatic N) is 1. The summed E-state index contributed by atoms with van der Waals surface area (Å²) >= 11 is 6.23. The number of benzene rings is 1. The Balaban J connectivity index is 2.16. The molecule has 1 aliphatic heterocycles. The largest absolute Gasteiger partial charge is 0.492 e. The van der Waals surface area contributed by atoms with Gasteiger partial charge in [0, 0.05) is 25.1 Å². The van der Waals surface area contributed by atoms with Gasteiger partial charge in [-0.3, -0.25) is 9.69 Å². The molecule has 0 radical (unpaired) electrons. The second-order valence-electron chi connectivity index (χ2n) is 5.25. The highest BCUT2D eigenvalue weighted by molar-refractivity contribution is 6.32. The predicted octanol–water partition coefficient (Wildman–Crippen LogP) is 3.81. The lowest BCUT2D eigenvalue weighted by atomic mass is 10.0. The van der Waals surface area contributed by atoms with Crippen LogP contribution in [0.4, 0.5) is 0 Å². The lowest BCUT2D eigenvalue weighted by Crippen LogP contribution is -2.35. The highest BCUT2D eigenvalue weighted by Gasteiger charge is 2.20. The number of ether oxygens (including phenoxy) is 1. The molecule has 0 N–H and O–H groups in total. The number of carbonyl (C=O) groups excluding carboxylic acids is 1. The molecule has 1 aromatic rings. The van der Waals surface area contributed by atoms with Crippen LogP contribution in [0.25, 0.3) is 6.08 Å². The number of Topliss-reactive ketones (excluding diaryl/α,β-unsaturated/α-hetero) is 1. The zero-order chi connectivity index (χ0) is 15.2. The molecule has 1 fully saturated rings. The quantitative estimate of drug-likeness (QED) is 0.775. The minimum atomic E-state index is 0.238. The van der Waals surface area contributed by atoms with Crippen molar-refractivity contribution in [2.24, 2.45) is 0 Å². The zero-order valence-electron chi connectivity index (χ0n) is 12.7. The first-order valence-corrected chi connectivity index (χ1v) is 7.90. The summed E-state index contributed by atoms with van der Waals surface area (Å²) in [5.74, 6) is 0.938. The van der Waals surface area contributed by atoms with E-state index in [4.69, 9.17) is 16.3 Å². The Morgan fingerprint density at radius 3 is 2.86 bits per heavy atom. The van der Waals surface area contributed by atoms with Crippen LogP contribution in [0.1, 0.15) is 32.3 Å². The molecule has 1 heterocycles. The fourth-order valence-corrected chi connectivity index (χ4v) is 2.61. The number of hydrogen-bond acceptors (Lipinski definition) is 3. The van der Waals surface area contributed by atoms with E-state index in [0.29, 0.717) is 23.8 Å². The Labute approximate surface area is 131 Å². The van der Waals surface area contributed by atoms with Gasteiger partial charge >= 0.3 is 0 Å². The van der Waals surface area contributed by atoms with E-state index in [1.807, 2.05) is 24.3 Å². The molecule has 1 saturated heterocycles. The first-order valence-electron chi connectivity index (χ1n) is 7.52. The molecule has 2 rings (SSSR count). The van der Waals surface area contributed by atoms with Gasteiger partial charge in [0.2, 0.25) is 0 Å². The molecule has 4 heteroatoms. The average Bonchev–Trinajstić information content (AvgIpc) is 2.49. The summed E-state index contributed by atoms with van der Waals surface area (Å²) in [5, 5.41) is 0.591. The first-order chi connectivity index (χ1) is 10.1. The molecule has 21 heavy (non-hydrogen) atoms. The third-order valence-electron chi connectivity index (χ3n) is 3.61. The van der Waals surface area contributed by atoms with Gasteiger partial charge in [0.15, 0.2) is 5.78 Å². The van der Waals surface area contributed by atoms with E-state index in [9.17, 15) is 4.79 Å². The van der Waals surface area contributed by atoms with E-state index in [0.717, 1.165) is 37.2 Å². The molecule has 0 amide bonds. The van der Waals surface area contributed by atoms with Crippen LogP contribution < -0.4 is 4.74 Å². The minimum absolute atomic E-state index is 0.238. The lowest BCUT2D eigenvalue weighted by Gasteiger charge is -2.26. The normalized spacial score (nSPS) is 18.2. The van der Waals surface area contributed by atoms with Gasteiger partial charge < -0.3 is 4.74 Å². The van der Waals surface area contributed by atoms with Crippen LogP contribution in [0.15, 0.2) is 23.8 Å². The van der Waals surface area contributed by atoms with Crippen LogP contribution in [-0.4, -0.2) is 36.9 Å². The van der Waals surface area contributed by atoms with E-state index in [-0.39, 0.29) is 5.78 Å². The average molecular weight is 308 g/mol. The molecule has 0 bridgehead atoms. The number of likely N-dealkylation sites (N-methyl/N-ethyl adjacent to an activating group) is 1. The van der Waals surface area contributed by atoms with Gasteiger partial charge in [0.1, 0.15) is 5.75 Å². The highest BCUT2D eigenvalue weighted by Crippen LogP contribution is 2.27. The zero-order valence-corrected chi connectivity index (χ0v) is 13.4. The molecular formula is C17H22ClNO2. The smallest absolute Gasteiger partial charge is 0.161 e. The second kappa shape index (κ2) is 7.62. The topological polar surface area (TPSA) is 29.5 Å². The molecule has 0 saturated carbocycles. The van der Waals surface area contributed by atoms with E-state index in [1.165, 1.54) is 0 Å². The van der Waals surface area contributed by atoms with Gasteiger partial charge in [0.05, 0.1) is 11.6 Å². The molecule has 1 aliphatic rings. The Morgan fingerprint density at radius 1 is 1.38 bits per heavy atom. The van der Waals surface area contributed by atoms with Crippen molar-refractivity contribution in [1.29, 1.82) is 0 Å². The van der Waals surface area contributed by atoms with Gasteiger partial charge in [-0.05, 0) is 36.7 Å². The Kier molecular flexibility index (Phi) is 5.83. The van der Waals surface area contributed by atoms with Gasteiger partial charge in [0.25, 0.3) is 0 Å². The van der Waals surface area contributed by atoms with Crippen molar-refractivity contribution in [1.82, 2.24) is 4.90 Å². The summed E-state index contributed by atoms with van der Waals surface area (Å²) in [5.41, 5.74) is 1.81. The van der Waals surface area contributed by atoms with Crippen molar-refractivity contribution in [3.8, 4) is 5.75 Å². The van der Waals surface area contributed by atoms with Crippen molar-refractivity contribution in [2.75, 3.05) is 26.2 Å². The lowest BCUT2D eigenvalue weighted by molar-refractivity contribution is -0.117. The van der Waals surface area contributed by atoms with Crippen molar-refractivity contribution in [3.63, 3.8) is 0 Å². The van der Waals surface area contributed by atoms with Gasteiger partial charge in [-0.25, -0.2) is 0 Å². The fraction of sp³-hybridized carbons (Fsp3) is 0.471. The summed E-state index contributed by atoms with van der Waals surface area (Å²) < 4.78 is 5.56. The maximum Gasteiger partial charge on any atom is 0.161 e. The van der Waals surface area contributed by atoms with Crippen molar-refractivity contribution >= 4 is 23.5 Å². The van der Waals surface area contributed by atoms with Crippen LogP contribution in [-0.2, 0) is 4.79 Å². The number of ketones is 1. The third kappa shape index (κ3) is 4.32. The van der Waals surface area contributed by atoms with E-state index in [2.05, 4.69) is 18.7 Å². The number of piperidine rings is 1. The molecule has 0 unspecified atom stereocenters. The predicted molar refractivity (Wildman–Crippen MR) is 87.0 cm³/mol. The molecule has 3 nitrogen and oxygen atoms in total. The van der Waals surface area contributed by atoms with Gasteiger partial charge in [-0.1, -0.05) is 31.5 Å². The molecule has 0 aromatic heterocycles. The summed E-state index contributed by atoms with van der Waals surface area (Å²) in [6.07, 6.45) is 3.49. The summed E-state index contributed by atoms with van der Waals surface area (Å²) in [4.78, 5) is 14.3. The molecule has 0 spiro atoms. The Morgan fingerprint density at radius 2 is 2.19 bits per heavy atom. The van der Waals surface area contributed by atoms with E-state index in [1.54, 1.807) is 0 Å². The maximum atomic E-state index is 12.0. The highest BCUT2D eigenvalue weighted by atomic mass is 35.5. The molecule has 0 atom stereocenters. The van der Waals surface area contributed by atoms with Crippen molar-refractivity contribution < 1.29 is 9.53 Å². The van der Waals surface area contributed by atoms with Crippen LogP contribution in [0.5, 0.6) is 5.75 Å². The molecule has 1 aromatic carbocycles. The van der Waals surface area contributed by atoms with Gasteiger partial charge in [-0.15, -0.1) is 0 Å². The number of rotatable bonds is 5. The number of carbonyl (C=O) groups is 1. The van der Waals surface area contributed by atoms with Crippen LogP contribution in [0.2, 0.25) is 5.02 Å².